The van der Waals surface area contributed by atoms with Crippen LogP contribution in [0.1, 0.15) is 49.9 Å². The van der Waals surface area contributed by atoms with E-state index in [1.165, 1.54) is 44.5 Å². The second kappa shape index (κ2) is 5.61. The van der Waals surface area contributed by atoms with Crippen molar-refractivity contribution < 1.29 is 0 Å². The van der Waals surface area contributed by atoms with E-state index in [4.69, 9.17) is 11.6 Å². The quantitative estimate of drug-likeness (QED) is 0.606. The van der Waals surface area contributed by atoms with Gasteiger partial charge in [0.1, 0.15) is 0 Å². The van der Waals surface area contributed by atoms with E-state index in [9.17, 15) is 0 Å². The molecule has 106 valence electrons. The molecule has 0 saturated carbocycles. The molecular weight excluding hydrogens is 264 g/mol. The van der Waals surface area contributed by atoms with Crippen molar-refractivity contribution in [1.29, 1.82) is 0 Å². The lowest BCUT2D eigenvalue weighted by Gasteiger charge is -2.22. The molecule has 2 rings (SSSR count). The van der Waals surface area contributed by atoms with Crippen LogP contribution in [-0.4, -0.2) is 0 Å². The molecule has 0 saturated heterocycles. The fourth-order valence-corrected chi connectivity index (χ4v) is 3.28. The van der Waals surface area contributed by atoms with Crippen molar-refractivity contribution in [3.8, 4) is 0 Å². The van der Waals surface area contributed by atoms with Gasteiger partial charge in [0.2, 0.25) is 0 Å². The molecule has 1 unspecified atom stereocenters. The zero-order valence-electron chi connectivity index (χ0n) is 13.3. The first-order valence-corrected chi connectivity index (χ1v) is 7.55. The Kier molecular flexibility index (Phi) is 4.25. The molecule has 0 aliphatic rings. The number of halogens is 1. The van der Waals surface area contributed by atoms with Crippen LogP contribution < -0.4 is 0 Å². The Labute approximate surface area is 127 Å². The number of hydrogen-bond donors (Lipinski definition) is 0. The van der Waals surface area contributed by atoms with Gasteiger partial charge < -0.3 is 0 Å². The lowest BCUT2D eigenvalue weighted by atomic mass is 9.86. The Bertz CT molecular complexity index is 607. The third-order valence-corrected chi connectivity index (χ3v) is 5.15. The predicted octanol–water partition coefficient (Wildman–Crippen LogP) is 5.87. The first-order chi connectivity index (χ1) is 9.34. The average molecular weight is 287 g/mol. The van der Waals surface area contributed by atoms with Crippen LogP contribution in [0, 0.1) is 41.5 Å². The highest BCUT2D eigenvalue weighted by Crippen LogP contribution is 2.37. The minimum Gasteiger partial charge on any atom is -0.113 e. The predicted molar refractivity (Wildman–Crippen MR) is 89.0 cm³/mol. The van der Waals surface area contributed by atoms with Crippen LogP contribution in [0.15, 0.2) is 24.3 Å². The lowest BCUT2D eigenvalue weighted by molar-refractivity contribution is 1.04. The molecule has 0 aliphatic carbocycles. The summed E-state index contributed by atoms with van der Waals surface area (Å²) in [7, 11) is 0. The Balaban J connectivity index is 2.60. The van der Waals surface area contributed by atoms with E-state index in [0.717, 1.165) is 0 Å². The molecule has 0 bridgehead atoms. The first kappa shape index (κ1) is 15.1. The van der Waals surface area contributed by atoms with Gasteiger partial charge in [-0.3, -0.25) is 0 Å². The monoisotopic (exact) mass is 286 g/mol. The van der Waals surface area contributed by atoms with Crippen LogP contribution in [0.2, 0.25) is 0 Å². The van der Waals surface area contributed by atoms with Gasteiger partial charge in [-0.25, -0.2) is 0 Å². The van der Waals surface area contributed by atoms with Gasteiger partial charge in [-0.1, -0.05) is 29.8 Å². The van der Waals surface area contributed by atoms with Crippen LogP contribution >= 0.6 is 11.6 Å². The number of rotatable bonds is 2. The first-order valence-electron chi connectivity index (χ1n) is 7.12. The standard InChI is InChI=1S/C19H23Cl/c1-11-7-9-17(10-8-11)19(20)18-15(5)13(3)12(2)14(4)16(18)6/h7-10,19H,1-6H3. The highest BCUT2D eigenvalue weighted by molar-refractivity contribution is 6.22. The van der Waals surface area contributed by atoms with Crippen molar-refractivity contribution in [3.05, 3.63) is 68.8 Å². The smallest absolute Gasteiger partial charge is 0.0840 e. The Hall–Kier alpha value is -1.27. The molecule has 1 atom stereocenters. The largest absolute Gasteiger partial charge is 0.113 e. The van der Waals surface area contributed by atoms with Crippen molar-refractivity contribution in [1.82, 2.24) is 0 Å². The normalized spacial score (nSPS) is 12.6. The maximum Gasteiger partial charge on any atom is 0.0840 e. The fraction of sp³-hybridized carbons (Fsp3) is 0.368. The maximum atomic E-state index is 6.79. The average Bonchev–Trinajstić information content (AvgIpc) is 2.44. The van der Waals surface area contributed by atoms with E-state index in [0.29, 0.717) is 0 Å². The number of alkyl halides is 1. The van der Waals surface area contributed by atoms with Crippen molar-refractivity contribution in [3.63, 3.8) is 0 Å². The van der Waals surface area contributed by atoms with Gasteiger partial charge in [0.25, 0.3) is 0 Å². The van der Waals surface area contributed by atoms with Crippen LogP contribution in [0.3, 0.4) is 0 Å². The zero-order chi connectivity index (χ0) is 15.0. The summed E-state index contributed by atoms with van der Waals surface area (Å²) in [5, 5.41) is -0.0754. The molecule has 2 aromatic carbocycles. The topological polar surface area (TPSA) is 0 Å². The zero-order valence-corrected chi connectivity index (χ0v) is 14.0. The summed E-state index contributed by atoms with van der Waals surface area (Å²) in [6, 6.07) is 8.53. The van der Waals surface area contributed by atoms with E-state index in [-0.39, 0.29) is 5.38 Å². The molecule has 0 aromatic heterocycles. The second-order valence-electron chi connectivity index (χ2n) is 5.81. The minimum absolute atomic E-state index is 0.0754. The molecule has 0 amide bonds. The second-order valence-corrected chi connectivity index (χ2v) is 6.25. The molecular formula is C19H23Cl. The van der Waals surface area contributed by atoms with E-state index in [1.54, 1.807) is 0 Å². The SMILES string of the molecule is Cc1ccc(C(Cl)c2c(C)c(C)c(C)c(C)c2C)cc1. The molecule has 2 aromatic rings. The van der Waals surface area contributed by atoms with Crippen LogP contribution in [0.4, 0.5) is 0 Å². The van der Waals surface area contributed by atoms with Crippen LogP contribution in [-0.2, 0) is 0 Å². The lowest BCUT2D eigenvalue weighted by Crippen LogP contribution is -2.06. The maximum absolute atomic E-state index is 6.79. The molecule has 0 radical (unpaired) electrons. The highest BCUT2D eigenvalue weighted by Gasteiger charge is 2.19. The van der Waals surface area contributed by atoms with Crippen molar-refractivity contribution in [2.24, 2.45) is 0 Å². The Morgan fingerprint density at radius 2 is 1.05 bits per heavy atom. The third kappa shape index (κ3) is 2.50. The van der Waals surface area contributed by atoms with E-state index >= 15 is 0 Å². The van der Waals surface area contributed by atoms with Crippen molar-refractivity contribution >= 4 is 11.6 Å². The van der Waals surface area contributed by atoms with Gasteiger partial charge in [-0.15, -0.1) is 11.6 Å². The molecule has 0 nitrogen and oxygen atoms in total. The van der Waals surface area contributed by atoms with Gasteiger partial charge in [-0.2, -0.15) is 0 Å². The van der Waals surface area contributed by atoms with Crippen LogP contribution in [0.25, 0.3) is 0 Å². The van der Waals surface area contributed by atoms with Gasteiger partial charge in [0.05, 0.1) is 5.38 Å². The van der Waals surface area contributed by atoms with Gasteiger partial charge >= 0.3 is 0 Å². The van der Waals surface area contributed by atoms with Crippen molar-refractivity contribution in [2.75, 3.05) is 0 Å². The molecule has 0 aliphatic heterocycles. The number of benzene rings is 2. The summed E-state index contributed by atoms with van der Waals surface area (Å²) in [4.78, 5) is 0. The van der Waals surface area contributed by atoms with E-state index in [1.807, 2.05) is 0 Å². The van der Waals surface area contributed by atoms with Crippen molar-refractivity contribution in [2.45, 2.75) is 46.9 Å². The molecule has 0 N–H and O–H groups in total. The summed E-state index contributed by atoms with van der Waals surface area (Å²) in [5.74, 6) is 0. The number of aryl methyl sites for hydroxylation is 1. The van der Waals surface area contributed by atoms with Crippen LogP contribution in [0.5, 0.6) is 0 Å². The summed E-state index contributed by atoms with van der Waals surface area (Å²) in [6.07, 6.45) is 0. The Morgan fingerprint density at radius 3 is 1.50 bits per heavy atom. The molecule has 20 heavy (non-hydrogen) atoms. The number of hydrogen-bond acceptors (Lipinski definition) is 0. The summed E-state index contributed by atoms with van der Waals surface area (Å²) in [6.45, 7) is 13.1. The third-order valence-electron chi connectivity index (χ3n) is 4.68. The fourth-order valence-electron chi connectivity index (χ4n) is 2.81. The summed E-state index contributed by atoms with van der Waals surface area (Å²) >= 11 is 6.79. The minimum atomic E-state index is -0.0754. The molecule has 0 heterocycles. The molecule has 0 fully saturated rings. The van der Waals surface area contributed by atoms with Gasteiger partial charge in [0, 0.05) is 0 Å². The van der Waals surface area contributed by atoms with Gasteiger partial charge in [0.15, 0.2) is 0 Å². The summed E-state index contributed by atoms with van der Waals surface area (Å²) in [5.41, 5.74) is 10.5. The van der Waals surface area contributed by atoms with E-state index < -0.39 is 0 Å². The molecule has 1 heteroatoms. The molecule has 0 spiro atoms. The highest BCUT2D eigenvalue weighted by atomic mass is 35.5. The summed E-state index contributed by atoms with van der Waals surface area (Å²) < 4.78 is 0. The Morgan fingerprint density at radius 1 is 0.650 bits per heavy atom. The van der Waals surface area contributed by atoms with Gasteiger partial charge in [-0.05, 0) is 80.5 Å². The van der Waals surface area contributed by atoms with E-state index in [2.05, 4.69) is 65.8 Å².